The smallest absolute Gasteiger partial charge is 0.407 e. The van der Waals surface area contributed by atoms with Crippen LogP contribution in [0, 0.1) is 5.92 Å². The zero-order chi connectivity index (χ0) is 45.3. The van der Waals surface area contributed by atoms with Gasteiger partial charge in [0.15, 0.2) is 0 Å². The molecule has 0 unspecified atom stereocenters. The molecule has 4 N–H and O–H groups in total. The molecule has 0 spiro atoms. The Morgan fingerprint density at radius 2 is 1.39 bits per heavy atom. The molecule has 0 radical (unpaired) electrons. The molecule has 4 aromatic carbocycles. The van der Waals surface area contributed by atoms with E-state index in [9.17, 15) is 19.2 Å². The van der Waals surface area contributed by atoms with Crippen LogP contribution in [0.4, 0.5) is 9.59 Å². The normalized spacial score (nSPS) is 20.4. The molecule has 0 saturated carbocycles. The maximum Gasteiger partial charge on any atom is 0.407 e. The van der Waals surface area contributed by atoms with E-state index in [0.717, 1.165) is 110 Å². The van der Waals surface area contributed by atoms with E-state index in [1.165, 1.54) is 36.5 Å². The van der Waals surface area contributed by atoms with Gasteiger partial charge in [0, 0.05) is 36.5 Å². The standard InChI is InChI=1S/C52H56N8O6/c1-65-51(63)57-46(31-8-4-3-5-9-31)50(62)60-25-7-11-45(60)48-54-30-43(56-48)38-15-14-34-26-33(12-13-35(34)28-38)36-16-18-39-37(27-36)17-19-41-40(39)29-42(55-41)44-10-6-24-59(44)49(61)47(58-52(64)66-2)32-20-22-53-23-21-32/h3-5,8-9,12-16,18,26-28,30,32,44-47,53H,6-7,10-11,17,19-25,29H2,1-2H3,(H,54,56)(H,57,63)(H,58,64)/t44-,45-,46+,47-/m0/s1. The van der Waals surface area contributed by atoms with E-state index in [4.69, 9.17) is 19.5 Å². The van der Waals surface area contributed by atoms with Gasteiger partial charge >= 0.3 is 12.2 Å². The quantitative estimate of drug-likeness (QED) is 0.110. The summed E-state index contributed by atoms with van der Waals surface area (Å²) in [5.74, 6) is 0.545. The molecular formula is C52H56N8O6. The Balaban J connectivity index is 0.819. The first-order valence-electron chi connectivity index (χ1n) is 23.3. The van der Waals surface area contributed by atoms with Crippen molar-refractivity contribution >= 4 is 46.1 Å². The second kappa shape index (κ2) is 18.6. The van der Waals surface area contributed by atoms with E-state index in [-0.39, 0.29) is 29.8 Å². The van der Waals surface area contributed by atoms with Crippen LogP contribution in [-0.4, -0.2) is 102 Å². The fourth-order valence-corrected chi connectivity index (χ4v) is 10.9. The molecule has 4 aliphatic heterocycles. The van der Waals surface area contributed by atoms with Gasteiger partial charge in [-0.2, -0.15) is 0 Å². The molecule has 5 aliphatic rings. The average molecular weight is 889 g/mol. The number of nitrogens with one attached hydrogen (secondary N) is 4. The molecule has 4 atom stereocenters. The van der Waals surface area contributed by atoms with E-state index < -0.39 is 24.3 Å². The summed E-state index contributed by atoms with van der Waals surface area (Å²) in [6.07, 6.45) is 8.12. The Morgan fingerprint density at radius 3 is 2.15 bits per heavy atom. The van der Waals surface area contributed by atoms with Gasteiger partial charge in [0.1, 0.15) is 17.9 Å². The van der Waals surface area contributed by atoms with Gasteiger partial charge < -0.3 is 40.2 Å². The van der Waals surface area contributed by atoms with Crippen molar-refractivity contribution < 1.29 is 28.7 Å². The largest absolute Gasteiger partial charge is 0.453 e. The molecule has 3 saturated heterocycles. The molecule has 4 amide bonds. The average Bonchev–Trinajstić information content (AvgIpc) is 4.21. The van der Waals surface area contributed by atoms with Crippen LogP contribution in [0.3, 0.4) is 0 Å². The first-order chi connectivity index (χ1) is 32.3. The fourth-order valence-electron chi connectivity index (χ4n) is 10.9. The number of H-pyrrole nitrogens is 1. The number of amides is 4. The number of fused-ring (bicyclic) bond motifs is 3. The van der Waals surface area contributed by atoms with Crippen LogP contribution >= 0.6 is 0 Å². The minimum atomic E-state index is -0.878. The summed E-state index contributed by atoms with van der Waals surface area (Å²) in [6, 6.07) is 27.2. The SMILES string of the molecule is COC(=O)N[C@H](C(=O)N1CCC[C@H]1C1=NC2=C(C1)c1ccc(-c3ccc4cc(-c5cnc([C@@H]6CCCN6C(=O)[C@H](NC(=O)OC)c6ccccc6)[nH]5)ccc4c3)cc1CC2)C1CCNCC1. The highest BCUT2D eigenvalue weighted by Crippen LogP contribution is 2.42. The number of hydrogen-bond donors (Lipinski definition) is 4. The van der Waals surface area contributed by atoms with E-state index in [0.29, 0.717) is 24.5 Å². The maximum absolute atomic E-state index is 14.2. The van der Waals surface area contributed by atoms with Gasteiger partial charge in [0.05, 0.1) is 38.2 Å². The van der Waals surface area contributed by atoms with Gasteiger partial charge in [-0.05, 0) is 127 Å². The number of rotatable bonds is 10. The van der Waals surface area contributed by atoms with Gasteiger partial charge in [0.2, 0.25) is 5.91 Å². The summed E-state index contributed by atoms with van der Waals surface area (Å²) >= 11 is 0. The summed E-state index contributed by atoms with van der Waals surface area (Å²) in [4.78, 5) is 70.2. The summed E-state index contributed by atoms with van der Waals surface area (Å²) in [5, 5.41) is 11.2. The van der Waals surface area contributed by atoms with Crippen molar-refractivity contribution in [2.45, 2.75) is 82.0 Å². The zero-order valence-corrected chi connectivity index (χ0v) is 37.5. The highest BCUT2D eigenvalue weighted by molar-refractivity contribution is 6.05. The number of carbonyl (C=O) groups excluding carboxylic acids is 4. The molecule has 5 heterocycles. The van der Waals surface area contributed by atoms with Gasteiger partial charge in [0.25, 0.3) is 5.91 Å². The molecule has 5 aromatic rings. The number of carbonyl (C=O) groups is 4. The number of aliphatic imine (C=N–C) groups is 1. The van der Waals surface area contributed by atoms with Crippen LogP contribution in [0.15, 0.2) is 102 Å². The maximum atomic E-state index is 14.2. The van der Waals surface area contributed by atoms with Crippen molar-refractivity contribution in [2.75, 3.05) is 40.4 Å². The van der Waals surface area contributed by atoms with Crippen molar-refractivity contribution in [3.05, 3.63) is 119 Å². The predicted octanol–water partition coefficient (Wildman–Crippen LogP) is 7.87. The number of piperidine rings is 1. The Hall–Kier alpha value is -6.80. The second-order valence-electron chi connectivity index (χ2n) is 18.1. The molecule has 0 bridgehead atoms. The fraction of sp³-hybridized carbons (Fsp3) is 0.385. The lowest BCUT2D eigenvalue weighted by Crippen LogP contribution is -2.56. The number of allylic oxidation sites excluding steroid dienone is 2. The summed E-state index contributed by atoms with van der Waals surface area (Å²) < 4.78 is 9.80. The summed E-state index contributed by atoms with van der Waals surface area (Å²) in [7, 11) is 2.63. The predicted molar refractivity (Wildman–Crippen MR) is 252 cm³/mol. The number of imidazole rings is 1. The topological polar surface area (TPSA) is 170 Å². The third-order valence-corrected chi connectivity index (χ3v) is 14.3. The molecule has 1 aromatic heterocycles. The lowest BCUT2D eigenvalue weighted by Gasteiger charge is -2.35. The molecule has 3 fully saturated rings. The number of alkyl carbamates (subject to hydrolysis) is 2. The number of likely N-dealkylation sites (tertiary alicyclic amines) is 2. The van der Waals surface area contributed by atoms with Gasteiger partial charge in [-0.1, -0.05) is 72.8 Å². The third-order valence-electron chi connectivity index (χ3n) is 14.3. The molecule has 1 aliphatic carbocycles. The number of benzene rings is 4. The molecular weight excluding hydrogens is 833 g/mol. The molecule has 10 rings (SSSR count). The van der Waals surface area contributed by atoms with Crippen LogP contribution in [-0.2, 0) is 25.5 Å². The second-order valence-corrected chi connectivity index (χ2v) is 18.1. The number of hydrogen-bond acceptors (Lipinski definition) is 9. The van der Waals surface area contributed by atoms with Crippen molar-refractivity contribution in [3.8, 4) is 22.4 Å². The number of aromatic amines is 1. The van der Waals surface area contributed by atoms with Gasteiger partial charge in [-0.25, -0.2) is 14.6 Å². The van der Waals surface area contributed by atoms with Crippen LogP contribution in [0.2, 0.25) is 0 Å². The van der Waals surface area contributed by atoms with Crippen LogP contribution in [0.1, 0.15) is 86.0 Å². The monoisotopic (exact) mass is 888 g/mol. The lowest BCUT2D eigenvalue weighted by atomic mass is 9.85. The van der Waals surface area contributed by atoms with Gasteiger partial charge in [-0.15, -0.1) is 0 Å². The van der Waals surface area contributed by atoms with Crippen molar-refractivity contribution in [3.63, 3.8) is 0 Å². The van der Waals surface area contributed by atoms with E-state index in [1.54, 1.807) is 0 Å². The summed E-state index contributed by atoms with van der Waals surface area (Å²) in [6.45, 7) is 2.87. The first-order valence-corrected chi connectivity index (χ1v) is 23.3. The highest BCUT2D eigenvalue weighted by Gasteiger charge is 2.42. The third kappa shape index (κ3) is 8.45. The lowest BCUT2D eigenvalue weighted by molar-refractivity contribution is -0.135. The number of ether oxygens (including phenoxy) is 2. The van der Waals surface area contributed by atoms with Crippen LogP contribution in [0.25, 0.3) is 38.7 Å². The Labute approximate surface area is 384 Å². The number of aryl methyl sites for hydroxylation is 1. The Bertz CT molecular complexity index is 2740. The molecule has 14 nitrogen and oxygen atoms in total. The van der Waals surface area contributed by atoms with Gasteiger partial charge in [-0.3, -0.25) is 14.6 Å². The zero-order valence-electron chi connectivity index (χ0n) is 37.5. The Morgan fingerprint density at radius 1 is 0.727 bits per heavy atom. The van der Waals surface area contributed by atoms with Crippen molar-refractivity contribution in [1.82, 2.24) is 35.7 Å². The summed E-state index contributed by atoms with van der Waals surface area (Å²) in [5.41, 5.74) is 10.9. The molecule has 340 valence electrons. The minimum Gasteiger partial charge on any atom is -0.453 e. The van der Waals surface area contributed by atoms with E-state index in [1.807, 2.05) is 46.3 Å². The van der Waals surface area contributed by atoms with Crippen LogP contribution in [0.5, 0.6) is 0 Å². The number of nitrogens with zero attached hydrogens (tertiary/aromatic N) is 4. The van der Waals surface area contributed by atoms with Crippen molar-refractivity contribution in [2.24, 2.45) is 10.9 Å². The Kier molecular flexibility index (Phi) is 12.1. The minimum absolute atomic E-state index is 0.0267. The highest BCUT2D eigenvalue weighted by atomic mass is 16.5. The molecule has 14 heteroatoms. The van der Waals surface area contributed by atoms with E-state index in [2.05, 4.69) is 75.5 Å². The molecule has 66 heavy (non-hydrogen) atoms. The van der Waals surface area contributed by atoms with E-state index >= 15 is 0 Å². The number of aromatic nitrogens is 2. The number of methoxy groups -OCH3 is 2. The van der Waals surface area contributed by atoms with Crippen LogP contribution < -0.4 is 16.0 Å². The van der Waals surface area contributed by atoms with Crippen molar-refractivity contribution in [1.29, 1.82) is 0 Å². The first kappa shape index (κ1) is 43.1.